The van der Waals surface area contributed by atoms with Crippen LogP contribution in [0.2, 0.25) is 0 Å². The first kappa shape index (κ1) is 28.9. The molecule has 4 aromatic carbocycles. The molecule has 0 aliphatic carbocycles. The van der Waals surface area contributed by atoms with E-state index in [9.17, 15) is 23.3 Å². The van der Waals surface area contributed by atoms with E-state index in [2.05, 4.69) is 34.5 Å². The quantitative estimate of drug-likeness (QED) is 0.162. The van der Waals surface area contributed by atoms with Crippen molar-refractivity contribution in [1.82, 2.24) is 9.21 Å². The highest BCUT2D eigenvalue weighted by Crippen LogP contribution is 2.30. The van der Waals surface area contributed by atoms with Gasteiger partial charge in [-0.1, -0.05) is 60.7 Å². The Kier molecular flexibility index (Phi) is 8.87. The van der Waals surface area contributed by atoms with Crippen LogP contribution in [-0.4, -0.2) is 54.6 Å². The number of rotatable bonds is 9. The Morgan fingerprint density at radius 3 is 1.86 bits per heavy atom. The molecule has 0 spiro atoms. The lowest BCUT2D eigenvalue weighted by Gasteiger charge is -2.39. The zero-order chi connectivity index (χ0) is 29.5. The van der Waals surface area contributed by atoms with Crippen molar-refractivity contribution in [2.24, 2.45) is 0 Å². The minimum atomic E-state index is -3.71. The second-order valence-electron chi connectivity index (χ2n) is 9.86. The maximum atomic E-state index is 13.4. The average molecular weight is 583 g/mol. The highest BCUT2D eigenvalue weighted by Gasteiger charge is 2.32. The van der Waals surface area contributed by atoms with Crippen molar-refractivity contribution in [1.29, 1.82) is 0 Å². The van der Waals surface area contributed by atoms with Gasteiger partial charge in [0.05, 0.1) is 15.9 Å². The largest absolute Gasteiger partial charge is 0.323 e. The molecule has 0 saturated carbocycles. The number of nitro groups is 1. The number of carbonyl (C=O) groups is 1. The van der Waals surface area contributed by atoms with Gasteiger partial charge >= 0.3 is 0 Å². The molecule has 10 heteroatoms. The van der Waals surface area contributed by atoms with E-state index in [0.717, 1.165) is 0 Å². The van der Waals surface area contributed by atoms with Crippen molar-refractivity contribution in [3.05, 3.63) is 142 Å². The van der Waals surface area contributed by atoms with Crippen LogP contribution >= 0.6 is 0 Å². The molecule has 4 aromatic rings. The first-order valence-corrected chi connectivity index (χ1v) is 14.9. The molecule has 1 N–H and O–H groups in total. The first-order chi connectivity index (χ1) is 20.3. The van der Waals surface area contributed by atoms with Gasteiger partial charge in [0.15, 0.2) is 0 Å². The number of hydrogen-bond acceptors (Lipinski definition) is 6. The van der Waals surface area contributed by atoms with Gasteiger partial charge in [0.2, 0.25) is 15.9 Å². The van der Waals surface area contributed by atoms with Gasteiger partial charge in [-0.15, -0.1) is 0 Å². The summed E-state index contributed by atoms with van der Waals surface area (Å²) >= 11 is 0. The molecule has 1 aliphatic heterocycles. The highest BCUT2D eigenvalue weighted by molar-refractivity contribution is 7.89. The van der Waals surface area contributed by atoms with Crippen LogP contribution in [0.3, 0.4) is 0 Å². The summed E-state index contributed by atoms with van der Waals surface area (Å²) in [6, 6.07) is 32.4. The van der Waals surface area contributed by atoms with Gasteiger partial charge in [-0.25, -0.2) is 8.42 Å². The van der Waals surface area contributed by atoms with Gasteiger partial charge in [-0.3, -0.25) is 19.8 Å². The summed E-state index contributed by atoms with van der Waals surface area (Å²) in [5, 5.41) is 13.5. The Morgan fingerprint density at radius 1 is 0.786 bits per heavy atom. The van der Waals surface area contributed by atoms with Gasteiger partial charge in [0.1, 0.15) is 0 Å². The summed E-state index contributed by atoms with van der Waals surface area (Å²) < 4.78 is 28.4. The van der Waals surface area contributed by atoms with Gasteiger partial charge in [0.25, 0.3) is 5.69 Å². The smallest absolute Gasteiger partial charge is 0.269 e. The number of benzene rings is 4. The molecule has 0 aromatic heterocycles. The van der Waals surface area contributed by atoms with Crippen LogP contribution in [-0.2, 0) is 14.8 Å². The lowest BCUT2D eigenvalue weighted by Crippen LogP contribution is -2.49. The molecule has 1 amide bonds. The summed E-state index contributed by atoms with van der Waals surface area (Å²) in [6.07, 6.45) is 2.85. The Labute approximate surface area is 244 Å². The molecule has 214 valence electrons. The topological polar surface area (TPSA) is 113 Å². The molecule has 1 heterocycles. The normalized spacial score (nSPS) is 14.7. The van der Waals surface area contributed by atoms with Crippen LogP contribution in [0.1, 0.15) is 22.7 Å². The van der Waals surface area contributed by atoms with Gasteiger partial charge < -0.3 is 5.32 Å². The lowest BCUT2D eigenvalue weighted by molar-refractivity contribution is -0.384. The van der Waals surface area contributed by atoms with E-state index in [1.165, 1.54) is 51.8 Å². The van der Waals surface area contributed by atoms with E-state index >= 15 is 0 Å². The van der Waals surface area contributed by atoms with E-state index in [1.807, 2.05) is 36.4 Å². The van der Waals surface area contributed by atoms with E-state index in [4.69, 9.17) is 0 Å². The fourth-order valence-corrected chi connectivity index (χ4v) is 6.43. The molecule has 1 saturated heterocycles. The van der Waals surface area contributed by atoms with Crippen LogP contribution in [0.25, 0.3) is 6.08 Å². The molecule has 0 atom stereocenters. The summed E-state index contributed by atoms with van der Waals surface area (Å²) in [4.78, 5) is 25.1. The number of anilines is 1. The number of piperazine rings is 1. The number of nitrogens with one attached hydrogen (secondary N) is 1. The van der Waals surface area contributed by atoms with Crippen molar-refractivity contribution < 1.29 is 18.1 Å². The molecule has 5 rings (SSSR count). The van der Waals surface area contributed by atoms with Gasteiger partial charge in [0, 0.05) is 50.1 Å². The molecule has 0 bridgehead atoms. The predicted octanol–water partition coefficient (Wildman–Crippen LogP) is 5.34. The van der Waals surface area contributed by atoms with Gasteiger partial charge in [-0.05, 0) is 59.2 Å². The molecule has 1 aliphatic rings. The van der Waals surface area contributed by atoms with E-state index in [0.29, 0.717) is 37.4 Å². The van der Waals surface area contributed by atoms with Crippen molar-refractivity contribution in [2.75, 3.05) is 31.5 Å². The Morgan fingerprint density at radius 2 is 1.33 bits per heavy atom. The Balaban J connectivity index is 1.20. The first-order valence-electron chi connectivity index (χ1n) is 13.5. The standard InChI is InChI=1S/C32H30N4O5S/c37-31(20-13-25-11-16-29(17-12-25)36(38)39)33-28-14-18-30(19-15-28)42(40,41)35-23-21-34(22-24-35)32(26-7-3-1-4-8-26)27-9-5-2-6-10-27/h1-20,32H,21-24H2,(H,33,37)/b20-13+. The fourth-order valence-electron chi connectivity index (χ4n) is 5.01. The van der Waals surface area contributed by atoms with Crippen LogP contribution in [0.4, 0.5) is 11.4 Å². The molecule has 1 fully saturated rings. The third kappa shape index (κ3) is 6.80. The van der Waals surface area contributed by atoms with E-state index in [-0.39, 0.29) is 16.6 Å². The van der Waals surface area contributed by atoms with Crippen molar-refractivity contribution in [3.63, 3.8) is 0 Å². The van der Waals surface area contributed by atoms with Crippen molar-refractivity contribution in [2.45, 2.75) is 10.9 Å². The maximum Gasteiger partial charge on any atom is 0.269 e. The zero-order valence-electron chi connectivity index (χ0n) is 22.7. The third-order valence-corrected chi connectivity index (χ3v) is 9.07. The minimum Gasteiger partial charge on any atom is -0.323 e. The molecular formula is C32H30N4O5S. The molecule has 0 radical (unpaired) electrons. The molecule has 0 unspecified atom stereocenters. The number of carbonyl (C=O) groups excluding carboxylic acids is 1. The number of nitrogens with zero attached hydrogens (tertiary/aromatic N) is 3. The number of sulfonamides is 1. The monoisotopic (exact) mass is 582 g/mol. The molecule has 9 nitrogen and oxygen atoms in total. The lowest BCUT2D eigenvalue weighted by atomic mass is 9.96. The average Bonchev–Trinajstić information content (AvgIpc) is 3.02. The minimum absolute atomic E-state index is 0.0305. The summed E-state index contributed by atoms with van der Waals surface area (Å²) in [6.45, 7) is 1.90. The maximum absolute atomic E-state index is 13.4. The van der Waals surface area contributed by atoms with E-state index < -0.39 is 20.9 Å². The second-order valence-corrected chi connectivity index (χ2v) is 11.8. The van der Waals surface area contributed by atoms with Crippen LogP contribution in [0.5, 0.6) is 0 Å². The molecular weight excluding hydrogens is 552 g/mol. The van der Waals surface area contributed by atoms with Crippen LogP contribution in [0.15, 0.2) is 120 Å². The van der Waals surface area contributed by atoms with Crippen LogP contribution in [0, 0.1) is 10.1 Å². The Bertz CT molecular complexity index is 1610. The zero-order valence-corrected chi connectivity index (χ0v) is 23.6. The highest BCUT2D eigenvalue weighted by atomic mass is 32.2. The van der Waals surface area contributed by atoms with Crippen LogP contribution < -0.4 is 5.32 Å². The van der Waals surface area contributed by atoms with Gasteiger partial charge in [-0.2, -0.15) is 4.31 Å². The second kappa shape index (κ2) is 12.9. The Hall–Kier alpha value is -4.64. The third-order valence-electron chi connectivity index (χ3n) is 7.16. The number of amides is 1. The molecule has 42 heavy (non-hydrogen) atoms. The van der Waals surface area contributed by atoms with Crippen molar-refractivity contribution in [3.8, 4) is 0 Å². The van der Waals surface area contributed by atoms with Crippen molar-refractivity contribution >= 4 is 33.4 Å². The number of hydrogen-bond donors (Lipinski definition) is 1. The fraction of sp³-hybridized carbons (Fsp3) is 0.156. The predicted molar refractivity (Wildman–Crippen MR) is 162 cm³/mol. The summed E-state index contributed by atoms with van der Waals surface area (Å²) in [5.41, 5.74) is 3.39. The number of nitro benzene ring substituents is 1. The summed E-state index contributed by atoms with van der Waals surface area (Å²) in [5.74, 6) is -0.411. The number of non-ortho nitro benzene ring substituents is 1. The summed E-state index contributed by atoms with van der Waals surface area (Å²) in [7, 11) is -3.71. The SMILES string of the molecule is O=C(/C=C/c1ccc([N+](=O)[O-])cc1)Nc1ccc(S(=O)(=O)N2CCN(C(c3ccccc3)c3ccccc3)CC2)cc1. The van der Waals surface area contributed by atoms with E-state index in [1.54, 1.807) is 24.3 Å².